The van der Waals surface area contributed by atoms with Crippen LogP contribution in [-0.4, -0.2) is 18.3 Å². The van der Waals surface area contributed by atoms with Crippen LogP contribution in [0.15, 0.2) is 59.0 Å². The van der Waals surface area contributed by atoms with Crippen molar-refractivity contribution in [3.05, 3.63) is 65.7 Å². The Bertz CT molecular complexity index is 1360. The van der Waals surface area contributed by atoms with Gasteiger partial charge in [0.1, 0.15) is 11.2 Å². The summed E-state index contributed by atoms with van der Waals surface area (Å²) in [6, 6.07) is 19.2. The van der Waals surface area contributed by atoms with Crippen LogP contribution in [0.2, 0.25) is 0 Å². The normalized spacial score (nSPS) is 20.4. The van der Waals surface area contributed by atoms with Gasteiger partial charge in [-0.05, 0) is 62.0 Å². The molecule has 2 heterocycles. The minimum Gasteiger partial charge on any atom is -0.456 e. The van der Waals surface area contributed by atoms with Gasteiger partial charge in [0, 0.05) is 21.8 Å². The van der Waals surface area contributed by atoms with Crippen molar-refractivity contribution in [2.45, 2.75) is 58.2 Å². The van der Waals surface area contributed by atoms with E-state index < -0.39 is 7.12 Å². The molecule has 1 saturated heterocycles. The first kappa shape index (κ1) is 19.2. The zero-order valence-electron chi connectivity index (χ0n) is 19.0. The molecule has 1 aliphatic carbocycles. The molecule has 0 unspecified atom stereocenters. The maximum atomic E-state index is 6.45. The van der Waals surface area contributed by atoms with Crippen molar-refractivity contribution in [3.63, 3.8) is 0 Å². The third-order valence-corrected chi connectivity index (χ3v) is 7.72. The quantitative estimate of drug-likeness (QED) is 0.351. The van der Waals surface area contributed by atoms with Gasteiger partial charge in [-0.25, -0.2) is 0 Å². The maximum absolute atomic E-state index is 6.45. The van der Waals surface area contributed by atoms with E-state index in [4.69, 9.17) is 13.7 Å². The second kappa shape index (κ2) is 5.82. The number of furan rings is 1. The Kier molecular flexibility index (Phi) is 3.59. The van der Waals surface area contributed by atoms with Crippen molar-refractivity contribution >= 4 is 34.5 Å². The number of para-hydroxylation sites is 1. The van der Waals surface area contributed by atoms with Crippen LogP contribution in [0.5, 0.6) is 0 Å². The molecule has 1 aromatic heterocycles. The van der Waals surface area contributed by atoms with Crippen LogP contribution in [0, 0.1) is 0 Å². The minimum atomic E-state index is -0.395. The van der Waals surface area contributed by atoms with E-state index in [2.05, 4.69) is 84.0 Å². The Balaban J connectivity index is 1.62. The summed E-state index contributed by atoms with van der Waals surface area (Å²) in [5.41, 5.74) is 7.07. The molecule has 0 N–H and O–H groups in total. The Morgan fingerprint density at radius 3 is 2.16 bits per heavy atom. The summed E-state index contributed by atoms with van der Waals surface area (Å²) in [5, 5.41) is 2.34. The van der Waals surface area contributed by atoms with Gasteiger partial charge in [0.15, 0.2) is 0 Å². The molecule has 0 radical (unpaired) electrons. The van der Waals surface area contributed by atoms with E-state index in [1.807, 2.05) is 12.1 Å². The van der Waals surface area contributed by atoms with Crippen LogP contribution >= 0.6 is 0 Å². The zero-order chi connectivity index (χ0) is 21.8. The van der Waals surface area contributed by atoms with E-state index in [0.717, 1.165) is 16.6 Å². The van der Waals surface area contributed by atoms with Crippen LogP contribution in [0.1, 0.15) is 52.7 Å². The molecule has 2 aliphatic rings. The number of rotatable bonds is 1. The van der Waals surface area contributed by atoms with E-state index in [1.54, 1.807) is 0 Å². The largest absolute Gasteiger partial charge is 0.495 e. The molecule has 0 bridgehead atoms. The average Bonchev–Trinajstić information content (AvgIpc) is 3.27. The lowest BCUT2D eigenvalue weighted by Gasteiger charge is -2.32. The topological polar surface area (TPSA) is 31.6 Å². The van der Waals surface area contributed by atoms with Crippen molar-refractivity contribution in [1.82, 2.24) is 0 Å². The maximum Gasteiger partial charge on any atom is 0.495 e. The van der Waals surface area contributed by atoms with Crippen LogP contribution < -0.4 is 5.46 Å². The van der Waals surface area contributed by atoms with Crippen LogP contribution in [0.4, 0.5) is 0 Å². The van der Waals surface area contributed by atoms with E-state index in [9.17, 15) is 0 Å². The Labute approximate surface area is 183 Å². The van der Waals surface area contributed by atoms with Crippen molar-refractivity contribution in [2.24, 2.45) is 0 Å². The number of fused-ring (bicyclic) bond motifs is 7. The summed E-state index contributed by atoms with van der Waals surface area (Å²) < 4.78 is 19.3. The Hall–Kier alpha value is -2.56. The number of benzene rings is 3. The average molecular weight is 410 g/mol. The van der Waals surface area contributed by atoms with Gasteiger partial charge in [0.05, 0.1) is 11.2 Å². The van der Waals surface area contributed by atoms with Crippen molar-refractivity contribution in [3.8, 4) is 11.1 Å². The van der Waals surface area contributed by atoms with Gasteiger partial charge < -0.3 is 13.7 Å². The Morgan fingerprint density at radius 1 is 0.710 bits per heavy atom. The zero-order valence-corrected chi connectivity index (χ0v) is 19.0. The second-order valence-electron chi connectivity index (χ2n) is 10.4. The van der Waals surface area contributed by atoms with Crippen molar-refractivity contribution in [1.29, 1.82) is 0 Å². The molecule has 0 amide bonds. The predicted molar refractivity (Wildman–Crippen MR) is 127 cm³/mol. The molecule has 0 saturated carbocycles. The summed E-state index contributed by atoms with van der Waals surface area (Å²) in [6.07, 6.45) is 0. The molecule has 4 aromatic rings. The molecule has 31 heavy (non-hydrogen) atoms. The minimum absolute atomic E-state index is 0.183. The van der Waals surface area contributed by atoms with Gasteiger partial charge in [0.2, 0.25) is 0 Å². The molecule has 4 heteroatoms. The SMILES string of the molecule is CC1(C)c2cccc(B3OC(C)(C)C(C)(C)O3)c2-c2ccc3c(oc4ccccc43)c21. The summed E-state index contributed by atoms with van der Waals surface area (Å²) in [5.74, 6) is 0. The molecule has 0 spiro atoms. The fourth-order valence-corrected chi connectivity index (χ4v) is 5.31. The van der Waals surface area contributed by atoms with E-state index in [-0.39, 0.29) is 16.6 Å². The highest BCUT2D eigenvalue weighted by molar-refractivity contribution is 6.64. The molecule has 1 aliphatic heterocycles. The number of hydrogen-bond acceptors (Lipinski definition) is 3. The molecular weight excluding hydrogens is 383 g/mol. The molecular formula is C27H27BO3. The molecule has 3 nitrogen and oxygen atoms in total. The van der Waals surface area contributed by atoms with Gasteiger partial charge in [-0.2, -0.15) is 0 Å². The monoisotopic (exact) mass is 410 g/mol. The van der Waals surface area contributed by atoms with E-state index in [1.165, 1.54) is 33.0 Å². The second-order valence-corrected chi connectivity index (χ2v) is 10.4. The third kappa shape index (κ3) is 2.38. The first-order chi connectivity index (χ1) is 14.6. The smallest absolute Gasteiger partial charge is 0.456 e. The third-order valence-electron chi connectivity index (χ3n) is 7.72. The van der Waals surface area contributed by atoms with Crippen molar-refractivity contribution in [2.75, 3.05) is 0 Å². The van der Waals surface area contributed by atoms with Crippen LogP contribution in [0.25, 0.3) is 33.1 Å². The summed E-state index contributed by atoms with van der Waals surface area (Å²) in [4.78, 5) is 0. The van der Waals surface area contributed by atoms with Crippen LogP contribution in [-0.2, 0) is 14.7 Å². The highest BCUT2D eigenvalue weighted by Crippen LogP contribution is 2.52. The highest BCUT2D eigenvalue weighted by Gasteiger charge is 2.53. The summed E-state index contributed by atoms with van der Waals surface area (Å²) >= 11 is 0. The fraction of sp³-hybridized carbons (Fsp3) is 0.333. The lowest BCUT2D eigenvalue weighted by atomic mass is 9.73. The van der Waals surface area contributed by atoms with Crippen molar-refractivity contribution < 1.29 is 13.7 Å². The first-order valence-electron chi connectivity index (χ1n) is 11.1. The molecule has 156 valence electrons. The fourth-order valence-electron chi connectivity index (χ4n) is 5.31. The van der Waals surface area contributed by atoms with Gasteiger partial charge in [-0.3, -0.25) is 0 Å². The first-order valence-corrected chi connectivity index (χ1v) is 11.1. The standard InChI is InChI=1S/C27H27BO3/c1-25(2)19-11-9-12-20(28-30-26(3,4)27(5,6)31-28)22(19)18-15-14-17-16-10-7-8-13-21(16)29-24(17)23(18)25/h7-15H,1-6H3. The predicted octanol–water partition coefficient (Wildman–Crippen LogP) is 6.19. The van der Waals surface area contributed by atoms with Gasteiger partial charge in [-0.15, -0.1) is 0 Å². The number of hydrogen-bond donors (Lipinski definition) is 0. The van der Waals surface area contributed by atoms with Gasteiger partial charge >= 0.3 is 7.12 Å². The molecule has 0 atom stereocenters. The molecule has 1 fully saturated rings. The van der Waals surface area contributed by atoms with E-state index in [0.29, 0.717) is 0 Å². The molecule has 6 rings (SSSR count). The van der Waals surface area contributed by atoms with E-state index >= 15 is 0 Å². The van der Waals surface area contributed by atoms with Crippen LogP contribution in [0.3, 0.4) is 0 Å². The summed E-state index contributed by atoms with van der Waals surface area (Å²) in [7, 11) is -0.395. The lowest BCUT2D eigenvalue weighted by molar-refractivity contribution is 0.00578. The van der Waals surface area contributed by atoms with Gasteiger partial charge in [-0.1, -0.05) is 56.3 Å². The highest BCUT2D eigenvalue weighted by atomic mass is 16.7. The molecule has 3 aromatic carbocycles. The van der Waals surface area contributed by atoms with Gasteiger partial charge in [0.25, 0.3) is 0 Å². The Morgan fingerprint density at radius 2 is 1.42 bits per heavy atom. The lowest BCUT2D eigenvalue weighted by Crippen LogP contribution is -2.41. The summed E-state index contributed by atoms with van der Waals surface area (Å²) in [6.45, 7) is 13.0.